The van der Waals surface area contributed by atoms with Crippen molar-refractivity contribution in [3.8, 4) is 0 Å². The molecule has 3 nitrogen and oxygen atoms in total. The van der Waals surface area contributed by atoms with Crippen LogP contribution in [-0.2, 0) is 17.4 Å². The summed E-state index contributed by atoms with van der Waals surface area (Å²) in [4.78, 5) is 12.6. The lowest BCUT2D eigenvalue weighted by Crippen LogP contribution is -2.35. The normalized spacial score (nSPS) is 12.8. The minimum Gasteiger partial charge on any atom is -0.370 e. The van der Waals surface area contributed by atoms with Crippen LogP contribution in [0.1, 0.15) is 33.9 Å². The summed E-state index contributed by atoms with van der Waals surface area (Å²) < 4.78 is 38.5. The number of likely N-dealkylation sites (N-methyl/N-ethyl adjacent to an activating group) is 1. The first kappa shape index (κ1) is 23.1. The highest BCUT2D eigenvalue weighted by Crippen LogP contribution is 2.29. The number of amides is 1. The van der Waals surface area contributed by atoms with E-state index in [4.69, 9.17) is 0 Å². The molecule has 3 aromatic carbocycles. The van der Waals surface area contributed by atoms with Crippen molar-refractivity contribution < 1.29 is 18.0 Å². The molecule has 0 aliphatic carbocycles. The van der Waals surface area contributed by atoms with Crippen molar-refractivity contribution in [2.45, 2.75) is 25.6 Å². The van der Waals surface area contributed by atoms with Crippen LogP contribution < -0.4 is 10.6 Å². The summed E-state index contributed by atoms with van der Waals surface area (Å²) in [6, 6.07) is 21.7. The third kappa shape index (κ3) is 6.00. The summed E-state index contributed by atoms with van der Waals surface area (Å²) in [5.74, 6) is -0.191. The summed E-state index contributed by atoms with van der Waals surface area (Å²) in [6.07, 6.45) is -2.06. The Hall–Kier alpha value is -3.54. The van der Waals surface area contributed by atoms with E-state index >= 15 is 0 Å². The Bertz CT molecular complexity index is 1060. The second kappa shape index (κ2) is 10.2. The largest absolute Gasteiger partial charge is 0.416 e. The van der Waals surface area contributed by atoms with E-state index in [1.165, 1.54) is 12.1 Å². The second-order valence-electron chi connectivity index (χ2n) is 7.48. The van der Waals surface area contributed by atoms with Gasteiger partial charge in [0.1, 0.15) is 6.04 Å². The fraction of sp³-hybridized carbons (Fsp3) is 0.192. The summed E-state index contributed by atoms with van der Waals surface area (Å²) in [5, 5.41) is 6.02. The highest BCUT2D eigenvalue weighted by molar-refractivity contribution is 5.85. The number of halogens is 3. The number of nitrogens with one attached hydrogen (secondary N) is 2. The molecular weight excluding hydrogens is 413 g/mol. The molecule has 0 heterocycles. The lowest BCUT2D eigenvalue weighted by atomic mass is 10.0. The Labute approximate surface area is 186 Å². The zero-order chi connectivity index (χ0) is 23.1. The van der Waals surface area contributed by atoms with Crippen LogP contribution in [0.3, 0.4) is 0 Å². The lowest BCUT2D eigenvalue weighted by molar-refractivity contribution is -0.137. The smallest absolute Gasteiger partial charge is 0.370 e. The maximum Gasteiger partial charge on any atom is 0.416 e. The van der Waals surface area contributed by atoms with Gasteiger partial charge in [-0.1, -0.05) is 78.4 Å². The van der Waals surface area contributed by atoms with Crippen LogP contribution in [0.4, 0.5) is 13.2 Å². The number of carbonyl (C=O) groups is 1. The average Bonchev–Trinajstić information content (AvgIpc) is 2.80. The third-order valence-corrected chi connectivity index (χ3v) is 5.13. The van der Waals surface area contributed by atoms with Gasteiger partial charge in [-0.25, -0.2) is 0 Å². The molecule has 0 saturated carbocycles. The van der Waals surface area contributed by atoms with Gasteiger partial charge in [0.15, 0.2) is 0 Å². The molecule has 0 bridgehead atoms. The number of hydrogen-bond donors (Lipinski definition) is 2. The van der Waals surface area contributed by atoms with E-state index < -0.39 is 17.8 Å². The highest BCUT2D eigenvalue weighted by atomic mass is 19.4. The van der Waals surface area contributed by atoms with E-state index in [9.17, 15) is 18.0 Å². The predicted molar refractivity (Wildman–Crippen MR) is 121 cm³/mol. The number of allylic oxidation sites excluding steroid dienone is 1. The van der Waals surface area contributed by atoms with Gasteiger partial charge in [-0.15, -0.1) is 0 Å². The molecule has 3 aromatic rings. The number of rotatable bonds is 7. The predicted octanol–water partition coefficient (Wildman–Crippen LogP) is 5.67. The van der Waals surface area contributed by atoms with Crippen molar-refractivity contribution in [1.29, 1.82) is 0 Å². The van der Waals surface area contributed by atoms with Gasteiger partial charge in [-0.05, 0) is 42.2 Å². The van der Waals surface area contributed by atoms with Gasteiger partial charge >= 0.3 is 6.18 Å². The zero-order valence-corrected chi connectivity index (χ0v) is 17.9. The molecule has 1 atom stereocenters. The molecule has 0 spiro atoms. The Balaban J connectivity index is 1.92. The summed E-state index contributed by atoms with van der Waals surface area (Å²) in [7, 11) is 1.58. The monoisotopic (exact) mass is 438 g/mol. The van der Waals surface area contributed by atoms with Crippen molar-refractivity contribution in [3.05, 3.63) is 113 Å². The molecule has 0 aliphatic heterocycles. The quantitative estimate of drug-likeness (QED) is 0.499. The van der Waals surface area contributed by atoms with Crippen LogP contribution in [0.25, 0.3) is 5.70 Å². The summed E-state index contributed by atoms with van der Waals surface area (Å²) in [5.41, 5.74) is 3.57. The second-order valence-corrected chi connectivity index (χ2v) is 7.48. The number of benzene rings is 3. The van der Waals surface area contributed by atoms with Crippen LogP contribution in [0.5, 0.6) is 0 Å². The molecule has 1 amide bonds. The zero-order valence-electron chi connectivity index (χ0n) is 17.9. The van der Waals surface area contributed by atoms with E-state index in [1.54, 1.807) is 7.05 Å². The average molecular weight is 438 g/mol. The van der Waals surface area contributed by atoms with Gasteiger partial charge in [-0.2, -0.15) is 13.2 Å². The number of carbonyl (C=O) groups excluding carboxylic acids is 1. The van der Waals surface area contributed by atoms with Crippen LogP contribution in [-0.4, -0.2) is 13.0 Å². The highest BCUT2D eigenvalue weighted by Gasteiger charge is 2.29. The number of alkyl halides is 3. The van der Waals surface area contributed by atoms with E-state index in [1.807, 2.05) is 67.6 Å². The molecule has 6 heteroatoms. The molecule has 0 unspecified atom stereocenters. The molecule has 0 fully saturated rings. The first-order chi connectivity index (χ1) is 15.3. The van der Waals surface area contributed by atoms with Gasteiger partial charge < -0.3 is 10.6 Å². The van der Waals surface area contributed by atoms with Gasteiger partial charge in [0.05, 0.1) is 5.56 Å². The molecule has 166 valence electrons. The maximum atomic E-state index is 12.8. The minimum atomic E-state index is -4.36. The Kier molecular flexibility index (Phi) is 7.36. The molecule has 32 heavy (non-hydrogen) atoms. The van der Waals surface area contributed by atoms with E-state index in [0.717, 1.165) is 40.1 Å². The molecule has 2 N–H and O–H groups in total. The molecule has 0 aliphatic rings. The van der Waals surface area contributed by atoms with E-state index in [0.29, 0.717) is 6.42 Å². The van der Waals surface area contributed by atoms with Crippen molar-refractivity contribution in [2.24, 2.45) is 0 Å². The molecule has 3 rings (SSSR count). The minimum absolute atomic E-state index is 0.191. The van der Waals surface area contributed by atoms with Crippen molar-refractivity contribution in [1.82, 2.24) is 10.6 Å². The maximum absolute atomic E-state index is 12.8. The van der Waals surface area contributed by atoms with Gasteiger partial charge in [-0.3, -0.25) is 4.79 Å². The summed E-state index contributed by atoms with van der Waals surface area (Å²) in [6.45, 7) is 1.99. The fourth-order valence-corrected chi connectivity index (χ4v) is 3.29. The van der Waals surface area contributed by atoms with Crippen LogP contribution in [0, 0.1) is 6.92 Å². The number of aryl methyl sites for hydroxylation is 1. The van der Waals surface area contributed by atoms with Crippen LogP contribution in [0.15, 0.2) is 84.9 Å². The topological polar surface area (TPSA) is 41.1 Å². The van der Waals surface area contributed by atoms with Crippen LogP contribution >= 0.6 is 0 Å². The van der Waals surface area contributed by atoms with Gasteiger partial charge in [0.2, 0.25) is 5.91 Å². The molecule has 0 aromatic heterocycles. The van der Waals surface area contributed by atoms with Crippen molar-refractivity contribution in [3.63, 3.8) is 0 Å². The molecular formula is C26H25F3N2O. The van der Waals surface area contributed by atoms with Gasteiger partial charge in [0.25, 0.3) is 0 Å². The number of hydrogen-bond acceptors (Lipinski definition) is 2. The van der Waals surface area contributed by atoms with E-state index in [-0.39, 0.29) is 5.91 Å². The van der Waals surface area contributed by atoms with Crippen molar-refractivity contribution in [2.75, 3.05) is 7.05 Å². The molecule has 0 saturated heterocycles. The Morgan fingerprint density at radius 3 is 2.12 bits per heavy atom. The van der Waals surface area contributed by atoms with Crippen molar-refractivity contribution >= 4 is 11.6 Å². The molecule has 0 radical (unpaired) electrons. The summed E-state index contributed by atoms with van der Waals surface area (Å²) >= 11 is 0. The first-order valence-electron chi connectivity index (χ1n) is 10.2. The third-order valence-electron chi connectivity index (χ3n) is 5.13. The standard InChI is InChI=1S/C26H25F3N2O/c1-18-8-13-20(14-9-18)23(17-12-19-10-15-22(16-11-19)26(27,28)29)31-24(25(32)30-2)21-6-4-3-5-7-21/h3-11,13-17,24,31H,12H2,1-2H3,(H,30,32)/b23-17+/t24-/m1/s1. The van der Waals surface area contributed by atoms with Crippen LogP contribution in [0.2, 0.25) is 0 Å². The lowest BCUT2D eigenvalue weighted by Gasteiger charge is -2.22. The Morgan fingerprint density at radius 1 is 0.938 bits per heavy atom. The SMILES string of the molecule is CNC(=O)[C@H](N/C(=C/Cc1ccc(C(F)(F)F)cc1)c1ccc(C)cc1)c1ccccc1. The van der Waals surface area contributed by atoms with Gasteiger partial charge in [0, 0.05) is 12.7 Å². The van der Waals surface area contributed by atoms with E-state index in [2.05, 4.69) is 10.6 Å². The first-order valence-corrected chi connectivity index (χ1v) is 10.2. The Morgan fingerprint density at radius 2 is 1.56 bits per heavy atom. The fourth-order valence-electron chi connectivity index (χ4n) is 3.29.